The van der Waals surface area contributed by atoms with Crippen molar-refractivity contribution in [2.45, 2.75) is 25.4 Å². The molecule has 2 aromatic carbocycles. The molecule has 0 bridgehead atoms. The fourth-order valence-electron chi connectivity index (χ4n) is 2.16. The van der Waals surface area contributed by atoms with Crippen molar-refractivity contribution < 1.29 is 14.2 Å². The summed E-state index contributed by atoms with van der Waals surface area (Å²) in [4.78, 5) is 0. The third kappa shape index (κ3) is 4.35. The Balaban J connectivity index is 1.83. The maximum atomic E-state index is 13.0. The second-order valence-corrected chi connectivity index (χ2v) is 4.87. The van der Waals surface area contributed by atoms with Crippen LogP contribution in [-0.4, -0.2) is 18.3 Å². The van der Waals surface area contributed by atoms with Crippen molar-refractivity contribution in [1.82, 2.24) is 0 Å². The summed E-state index contributed by atoms with van der Waals surface area (Å²) in [5.74, 6) is 0.568. The molecular weight excluding hydrogens is 255 g/mol. The second kappa shape index (κ2) is 7.06. The lowest BCUT2D eigenvalue weighted by atomic mass is 10.0. The van der Waals surface area contributed by atoms with Crippen LogP contribution >= 0.6 is 0 Å². The van der Waals surface area contributed by atoms with Crippen molar-refractivity contribution in [2.75, 3.05) is 7.11 Å². The second-order valence-electron chi connectivity index (χ2n) is 4.87. The zero-order chi connectivity index (χ0) is 14.4. The van der Waals surface area contributed by atoms with E-state index in [0.29, 0.717) is 12.8 Å². The number of ether oxygens (including phenoxy) is 1. The fourth-order valence-corrected chi connectivity index (χ4v) is 2.16. The molecule has 0 aliphatic carbocycles. The highest BCUT2D eigenvalue weighted by Gasteiger charge is 2.07. The number of benzene rings is 2. The molecule has 0 aromatic heterocycles. The molecule has 0 radical (unpaired) electrons. The van der Waals surface area contributed by atoms with E-state index in [2.05, 4.69) is 0 Å². The van der Waals surface area contributed by atoms with Gasteiger partial charge in [0.2, 0.25) is 0 Å². The molecule has 0 aliphatic heterocycles. The molecular formula is C17H19FO2. The van der Waals surface area contributed by atoms with Crippen LogP contribution in [0.25, 0.3) is 0 Å². The number of hydrogen-bond donors (Lipinski definition) is 1. The summed E-state index contributed by atoms with van der Waals surface area (Å²) in [6, 6.07) is 14.2. The quantitative estimate of drug-likeness (QED) is 0.875. The van der Waals surface area contributed by atoms with Crippen LogP contribution in [0.3, 0.4) is 0 Å². The maximum Gasteiger partial charge on any atom is 0.123 e. The number of halogens is 1. The van der Waals surface area contributed by atoms with Gasteiger partial charge in [0.05, 0.1) is 13.2 Å². The van der Waals surface area contributed by atoms with Gasteiger partial charge in [-0.15, -0.1) is 0 Å². The molecule has 0 amide bonds. The van der Waals surface area contributed by atoms with Crippen molar-refractivity contribution in [1.29, 1.82) is 0 Å². The highest BCUT2D eigenvalue weighted by Crippen LogP contribution is 2.15. The first-order chi connectivity index (χ1) is 9.67. The first kappa shape index (κ1) is 14.5. The Morgan fingerprint density at radius 1 is 1.10 bits per heavy atom. The van der Waals surface area contributed by atoms with Crippen molar-refractivity contribution >= 4 is 0 Å². The Labute approximate surface area is 118 Å². The number of aliphatic hydroxyl groups is 1. The molecule has 2 rings (SSSR count). The Hall–Kier alpha value is -1.87. The van der Waals surface area contributed by atoms with Crippen LogP contribution < -0.4 is 4.74 Å². The van der Waals surface area contributed by atoms with E-state index < -0.39 is 6.10 Å². The minimum atomic E-state index is -0.459. The monoisotopic (exact) mass is 274 g/mol. The maximum absolute atomic E-state index is 13.0. The Bertz CT molecular complexity index is 537. The number of aliphatic hydroxyl groups excluding tert-OH is 1. The van der Waals surface area contributed by atoms with Gasteiger partial charge in [0.15, 0.2) is 0 Å². The Morgan fingerprint density at radius 3 is 2.50 bits per heavy atom. The molecule has 0 saturated carbocycles. The molecule has 20 heavy (non-hydrogen) atoms. The van der Waals surface area contributed by atoms with E-state index in [1.54, 1.807) is 13.2 Å². The van der Waals surface area contributed by atoms with Gasteiger partial charge in [0, 0.05) is 0 Å². The summed E-state index contributed by atoms with van der Waals surface area (Å²) in [5.41, 5.74) is 1.98. The van der Waals surface area contributed by atoms with Gasteiger partial charge in [0.1, 0.15) is 11.6 Å². The van der Waals surface area contributed by atoms with Crippen LogP contribution in [-0.2, 0) is 12.8 Å². The SMILES string of the molecule is COc1ccc(CCC(O)Cc2cccc(F)c2)cc1. The van der Waals surface area contributed by atoms with Crippen LogP contribution in [0.2, 0.25) is 0 Å². The molecule has 106 valence electrons. The van der Waals surface area contributed by atoms with E-state index in [4.69, 9.17) is 4.74 Å². The summed E-state index contributed by atoms with van der Waals surface area (Å²) in [5, 5.41) is 10.0. The molecule has 0 fully saturated rings. The zero-order valence-electron chi connectivity index (χ0n) is 11.6. The van der Waals surface area contributed by atoms with Crippen LogP contribution in [0, 0.1) is 5.82 Å². The summed E-state index contributed by atoms with van der Waals surface area (Å²) in [7, 11) is 1.64. The minimum Gasteiger partial charge on any atom is -0.497 e. The molecule has 0 spiro atoms. The lowest BCUT2D eigenvalue weighted by Crippen LogP contribution is -2.11. The highest BCUT2D eigenvalue weighted by atomic mass is 19.1. The van der Waals surface area contributed by atoms with Crippen molar-refractivity contribution in [2.24, 2.45) is 0 Å². The average molecular weight is 274 g/mol. The Kier molecular flexibility index (Phi) is 5.13. The molecule has 1 unspecified atom stereocenters. The van der Waals surface area contributed by atoms with E-state index in [-0.39, 0.29) is 5.82 Å². The molecule has 2 nitrogen and oxygen atoms in total. The van der Waals surface area contributed by atoms with Crippen molar-refractivity contribution in [3.8, 4) is 5.75 Å². The van der Waals surface area contributed by atoms with Crippen molar-refractivity contribution in [3.05, 3.63) is 65.5 Å². The predicted molar refractivity (Wildman–Crippen MR) is 77.4 cm³/mol. The van der Waals surface area contributed by atoms with Gasteiger partial charge in [-0.2, -0.15) is 0 Å². The van der Waals surface area contributed by atoms with Gasteiger partial charge in [0.25, 0.3) is 0 Å². The lowest BCUT2D eigenvalue weighted by molar-refractivity contribution is 0.165. The van der Waals surface area contributed by atoms with E-state index in [1.807, 2.05) is 30.3 Å². The topological polar surface area (TPSA) is 29.5 Å². The fraction of sp³-hybridized carbons (Fsp3) is 0.294. The molecule has 0 saturated heterocycles. The van der Waals surface area contributed by atoms with Crippen LogP contribution in [0.15, 0.2) is 48.5 Å². The first-order valence-corrected chi connectivity index (χ1v) is 6.73. The van der Waals surface area contributed by atoms with Crippen LogP contribution in [0.1, 0.15) is 17.5 Å². The third-order valence-corrected chi connectivity index (χ3v) is 3.29. The van der Waals surface area contributed by atoms with Crippen LogP contribution in [0.5, 0.6) is 5.75 Å². The average Bonchev–Trinajstić information content (AvgIpc) is 2.46. The van der Waals surface area contributed by atoms with E-state index >= 15 is 0 Å². The minimum absolute atomic E-state index is 0.259. The highest BCUT2D eigenvalue weighted by molar-refractivity contribution is 5.27. The van der Waals surface area contributed by atoms with Crippen LogP contribution in [0.4, 0.5) is 4.39 Å². The first-order valence-electron chi connectivity index (χ1n) is 6.73. The largest absolute Gasteiger partial charge is 0.497 e. The normalized spacial score (nSPS) is 12.2. The molecule has 3 heteroatoms. The van der Waals surface area contributed by atoms with Gasteiger partial charge in [-0.3, -0.25) is 0 Å². The number of rotatable bonds is 6. The third-order valence-electron chi connectivity index (χ3n) is 3.29. The van der Waals surface area contributed by atoms with E-state index in [1.165, 1.54) is 12.1 Å². The molecule has 1 N–H and O–H groups in total. The van der Waals surface area contributed by atoms with Gasteiger partial charge < -0.3 is 9.84 Å². The molecule has 2 aromatic rings. The summed E-state index contributed by atoms with van der Waals surface area (Å²) < 4.78 is 18.1. The van der Waals surface area contributed by atoms with Gasteiger partial charge in [-0.05, 0) is 54.7 Å². The van der Waals surface area contributed by atoms with E-state index in [0.717, 1.165) is 23.3 Å². The van der Waals surface area contributed by atoms with Gasteiger partial charge >= 0.3 is 0 Å². The zero-order valence-corrected chi connectivity index (χ0v) is 11.6. The predicted octanol–water partition coefficient (Wildman–Crippen LogP) is 3.37. The molecule has 0 aliphatic rings. The lowest BCUT2D eigenvalue weighted by Gasteiger charge is -2.11. The molecule has 1 atom stereocenters. The number of hydrogen-bond acceptors (Lipinski definition) is 2. The standard InChI is InChI=1S/C17H19FO2/c1-20-17-9-6-13(7-10-17)5-8-16(19)12-14-3-2-4-15(18)11-14/h2-4,6-7,9-11,16,19H,5,8,12H2,1H3. The van der Waals surface area contributed by atoms with Crippen molar-refractivity contribution in [3.63, 3.8) is 0 Å². The smallest absolute Gasteiger partial charge is 0.123 e. The number of methoxy groups -OCH3 is 1. The summed E-state index contributed by atoms with van der Waals surface area (Å²) >= 11 is 0. The van der Waals surface area contributed by atoms with Gasteiger partial charge in [-0.1, -0.05) is 24.3 Å². The van der Waals surface area contributed by atoms with Gasteiger partial charge in [-0.25, -0.2) is 4.39 Å². The molecule has 0 heterocycles. The summed E-state index contributed by atoms with van der Waals surface area (Å²) in [6.07, 6.45) is 1.47. The summed E-state index contributed by atoms with van der Waals surface area (Å²) in [6.45, 7) is 0. The van der Waals surface area contributed by atoms with E-state index in [9.17, 15) is 9.50 Å². The number of aryl methyl sites for hydroxylation is 1. The Morgan fingerprint density at radius 2 is 1.85 bits per heavy atom.